The van der Waals surface area contributed by atoms with Crippen LogP contribution in [0.3, 0.4) is 0 Å². The zero-order chi connectivity index (χ0) is 11.8. The molecule has 5 heteroatoms. The Hall–Kier alpha value is -2.14. The summed E-state index contributed by atoms with van der Waals surface area (Å²) in [6.45, 7) is 2.47. The Morgan fingerprint density at radius 3 is 3.06 bits per heavy atom. The van der Waals surface area contributed by atoms with E-state index in [0.29, 0.717) is 6.54 Å². The first-order valence-electron chi connectivity index (χ1n) is 5.37. The van der Waals surface area contributed by atoms with Crippen LogP contribution < -0.4 is 5.73 Å². The van der Waals surface area contributed by atoms with Gasteiger partial charge in [0, 0.05) is 12.1 Å². The molecule has 2 aromatic heterocycles. The first-order chi connectivity index (χ1) is 8.29. The molecule has 0 aliphatic rings. The Morgan fingerprint density at radius 2 is 2.29 bits per heavy atom. The van der Waals surface area contributed by atoms with Crippen molar-refractivity contribution in [1.29, 1.82) is 0 Å². The van der Waals surface area contributed by atoms with Gasteiger partial charge in [0.25, 0.3) is 0 Å². The van der Waals surface area contributed by atoms with Crippen molar-refractivity contribution in [2.75, 3.05) is 0 Å². The van der Waals surface area contributed by atoms with Gasteiger partial charge in [-0.1, -0.05) is 6.07 Å². The van der Waals surface area contributed by atoms with E-state index in [4.69, 9.17) is 10.2 Å². The van der Waals surface area contributed by atoms with Gasteiger partial charge in [-0.2, -0.15) is 5.10 Å². The van der Waals surface area contributed by atoms with Gasteiger partial charge < -0.3 is 10.2 Å². The minimum atomic E-state index is 0.462. The number of fused-ring (bicyclic) bond motifs is 1. The molecule has 0 fully saturated rings. The van der Waals surface area contributed by atoms with Crippen molar-refractivity contribution in [3.05, 3.63) is 35.9 Å². The molecule has 86 valence electrons. The fourth-order valence-corrected chi connectivity index (χ4v) is 1.92. The maximum Gasteiger partial charge on any atom is 0.181 e. The van der Waals surface area contributed by atoms with Crippen molar-refractivity contribution in [1.82, 2.24) is 15.2 Å². The fraction of sp³-hybridized carbons (Fsp3) is 0.167. The summed E-state index contributed by atoms with van der Waals surface area (Å²) in [5, 5.41) is 7.22. The van der Waals surface area contributed by atoms with Crippen LogP contribution in [0, 0.1) is 6.92 Å². The fourth-order valence-electron chi connectivity index (χ4n) is 1.92. The molecule has 0 saturated heterocycles. The van der Waals surface area contributed by atoms with Crippen molar-refractivity contribution >= 4 is 11.1 Å². The van der Waals surface area contributed by atoms with Crippen molar-refractivity contribution < 1.29 is 4.42 Å². The number of nitrogens with zero attached hydrogens (tertiary/aromatic N) is 2. The summed E-state index contributed by atoms with van der Waals surface area (Å²) in [6, 6.07) is 5.84. The molecular formula is C12H12N4O. The average Bonchev–Trinajstić information content (AvgIpc) is 2.94. The second kappa shape index (κ2) is 3.71. The molecule has 17 heavy (non-hydrogen) atoms. The summed E-state index contributed by atoms with van der Waals surface area (Å²) in [5.41, 5.74) is 11.2. The number of hydrogen-bond acceptors (Lipinski definition) is 4. The van der Waals surface area contributed by atoms with Crippen LogP contribution in [-0.2, 0) is 6.54 Å². The maximum atomic E-state index is 5.62. The lowest BCUT2D eigenvalue weighted by molar-refractivity contribution is 0.602. The minimum Gasteiger partial charge on any atom is -0.443 e. The van der Waals surface area contributed by atoms with E-state index in [0.717, 1.165) is 33.6 Å². The standard InChI is InChI=1S/C12H12N4O/c1-7-10(5-13)15-16-12(7)8-2-3-9-11(4-8)17-6-14-9/h2-4,6H,5,13H2,1H3,(H,15,16). The average molecular weight is 228 g/mol. The summed E-state index contributed by atoms with van der Waals surface area (Å²) in [7, 11) is 0. The van der Waals surface area contributed by atoms with Crippen LogP contribution >= 0.6 is 0 Å². The second-order valence-corrected chi connectivity index (χ2v) is 3.91. The normalized spacial score (nSPS) is 11.2. The maximum absolute atomic E-state index is 5.62. The molecule has 5 nitrogen and oxygen atoms in total. The van der Waals surface area contributed by atoms with Crippen molar-refractivity contribution in [3.63, 3.8) is 0 Å². The third-order valence-electron chi connectivity index (χ3n) is 2.92. The highest BCUT2D eigenvalue weighted by Crippen LogP contribution is 2.26. The molecule has 0 aliphatic carbocycles. The van der Waals surface area contributed by atoms with Gasteiger partial charge in [-0.15, -0.1) is 0 Å². The van der Waals surface area contributed by atoms with Crippen molar-refractivity contribution in [2.45, 2.75) is 13.5 Å². The number of hydrogen-bond donors (Lipinski definition) is 2. The van der Waals surface area contributed by atoms with E-state index < -0.39 is 0 Å². The lowest BCUT2D eigenvalue weighted by atomic mass is 10.1. The van der Waals surface area contributed by atoms with Crippen LogP contribution in [0.25, 0.3) is 22.4 Å². The highest BCUT2D eigenvalue weighted by Gasteiger charge is 2.11. The van der Waals surface area contributed by atoms with Crippen LogP contribution in [0.4, 0.5) is 0 Å². The molecule has 2 heterocycles. The van der Waals surface area contributed by atoms with Crippen LogP contribution in [0.1, 0.15) is 11.3 Å². The number of nitrogens with one attached hydrogen (secondary N) is 1. The van der Waals surface area contributed by atoms with Crippen molar-refractivity contribution in [3.8, 4) is 11.3 Å². The van der Waals surface area contributed by atoms with E-state index in [1.165, 1.54) is 6.39 Å². The van der Waals surface area contributed by atoms with E-state index >= 15 is 0 Å². The number of aromatic amines is 1. The molecule has 3 aromatic rings. The quantitative estimate of drug-likeness (QED) is 0.702. The molecule has 0 unspecified atom stereocenters. The second-order valence-electron chi connectivity index (χ2n) is 3.91. The van der Waals surface area contributed by atoms with Crippen LogP contribution in [0.5, 0.6) is 0 Å². The highest BCUT2D eigenvalue weighted by molar-refractivity contribution is 5.79. The first-order valence-corrected chi connectivity index (χ1v) is 5.37. The Kier molecular flexibility index (Phi) is 2.19. The number of aromatic nitrogens is 3. The van der Waals surface area contributed by atoms with E-state index in [2.05, 4.69) is 15.2 Å². The Morgan fingerprint density at radius 1 is 1.41 bits per heavy atom. The lowest BCUT2D eigenvalue weighted by Crippen LogP contribution is -1.98. The van der Waals surface area contributed by atoms with Gasteiger partial charge in [0.1, 0.15) is 5.52 Å². The Bertz CT molecular complexity index is 668. The molecule has 0 bridgehead atoms. The number of rotatable bonds is 2. The third kappa shape index (κ3) is 1.52. The molecule has 0 radical (unpaired) electrons. The molecule has 0 amide bonds. The monoisotopic (exact) mass is 228 g/mol. The number of H-pyrrole nitrogens is 1. The third-order valence-corrected chi connectivity index (χ3v) is 2.92. The number of nitrogens with two attached hydrogens (primary N) is 1. The van der Waals surface area contributed by atoms with Gasteiger partial charge in [-0.3, -0.25) is 5.10 Å². The van der Waals surface area contributed by atoms with Gasteiger partial charge in [0.05, 0.1) is 11.4 Å². The molecule has 0 spiro atoms. The smallest absolute Gasteiger partial charge is 0.181 e. The first kappa shape index (κ1) is 10.0. The molecule has 3 rings (SSSR count). The van der Waals surface area contributed by atoms with Crippen LogP contribution in [-0.4, -0.2) is 15.2 Å². The summed E-state index contributed by atoms with van der Waals surface area (Å²) in [5.74, 6) is 0. The molecular weight excluding hydrogens is 216 g/mol. The van der Waals surface area contributed by atoms with Crippen molar-refractivity contribution in [2.24, 2.45) is 5.73 Å². The predicted octanol–water partition coefficient (Wildman–Crippen LogP) is 1.99. The molecule has 0 saturated carbocycles. The van der Waals surface area contributed by atoms with Gasteiger partial charge in [-0.25, -0.2) is 4.98 Å². The molecule has 3 N–H and O–H groups in total. The molecule has 0 atom stereocenters. The van der Waals surface area contributed by atoms with Gasteiger partial charge in [0.15, 0.2) is 12.0 Å². The predicted molar refractivity (Wildman–Crippen MR) is 64.2 cm³/mol. The zero-order valence-corrected chi connectivity index (χ0v) is 9.40. The lowest BCUT2D eigenvalue weighted by Gasteiger charge is -1.98. The van der Waals surface area contributed by atoms with E-state index in [-0.39, 0.29) is 0 Å². The molecule has 1 aromatic carbocycles. The number of oxazole rings is 1. The SMILES string of the molecule is Cc1c(-c2ccc3ncoc3c2)n[nH]c1CN. The summed E-state index contributed by atoms with van der Waals surface area (Å²) in [6.07, 6.45) is 1.44. The Labute approximate surface area is 97.7 Å². The highest BCUT2D eigenvalue weighted by atomic mass is 16.3. The van der Waals surface area contributed by atoms with Crippen LogP contribution in [0.15, 0.2) is 29.0 Å². The summed E-state index contributed by atoms with van der Waals surface area (Å²) >= 11 is 0. The zero-order valence-electron chi connectivity index (χ0n) is 9.40. The summed E-state index contributed by atoms with van der Waals surface area (Å²) in [4.78, 5) is 4.08. The van der Waals surface area contributed by atoms with Gasteiger partial charge in [-0.05, 0) is 24.6 Å². The topological polar surface area (TPSA) is 80.7 Å². The van der Waals surface area contributed by atoms with E-state index in [9.17, 15) is 0 Å². The Balaban J connectivity index is 2.16. The molecule has 0 aliphatic heterocycles. The summed E-state index contributed by atoms with van der Waals surface area (Å²) < 4.78 is 5.28. The van der Waals surface area contributed by atoms with Crippen LogP contribution in [0.2, 0.25) is 0 Å². The van der Waals surface area contributed by atoms with E-state index in [1.54, 1.807) is 0 Å². The van der Waals surface area contributed by atoms with Gasteiger partial charge >= 0.3 is 0 Å². The van der Waals surface area contributed by atoms with Gasteiger partial charge in [0.2, 0.25) is 0 Å². The number of benzene rings is 1. The van der Waals surface area contributed by atoms with E-state index in [1.807, 2.05) is 25.1 Å². The largest absolute Gasteiger partial charge is 0.443 e. The minimum absolute atomic E-state index is 0.462.